The third kappa shape index (κ3) is 4.86. The van der Waals surface area contributed by atoms with Crippen LogP contribution in [0.3, 0.4) is 0 Å². The van der Waals surface area contributed by atoms with Gasteiger partial charge in [-0.15, -0.1) is 0 Å². The number of hydrogen-bond donors (Lipinski definition) is 1. The largest absolute Gasteiger partial charge is 0.337 e. The van der Waals surface area contributed by atoms with Crippen LogP contribution in [0.5, 0.6) is 0 Å². The lowest BCUT2D eigenvalue weighted by atomic mass is 9.91. The highest BCUT2D eigenvalue weighted by atomic mass is 16.2. The van der Waals surface area contributed by atoms with E-state index in [4.69, 9.17) is 0 Å². The number of rotatable bonds is 7. The van der Waals surface area contributed by atoms with Gasteiger partial charge in [0.05, 0.1) is 11.7 Å². The van der Waals surface area contributed by atoms with Crippen molar-refractivity contribution in [2.75, 3.05) is 13.6 Å². The zero-order valence-electron chi connectivity index (χ0n) is 18.3. The number of carbonyl (C=O) groups is 1. The summed E-state index contributed by atoms with van der Waals surface area (Å²) < 4.78 is 1.71. The second kappa shape index (κ2) is 9.92. The maximum absolute atomic E-state index is 13.0. The van der Waals surface area contributed by atoms with Crippen LogP contribution in [0, 0.1) is 0 Å². The topological polar surface area (TPSA) is 63.1 Å². The van der Waals surface area contributed by atoms with E-state index in [0.29, 0.717) is 6.54 Å². The third-order valence-corrected chi connectivity index (χ3v) is 5.82. The number of benzene rings is 3. The second-order valence-electron chi connectivity index (χ2n) is 7.78. The van der Waals surface area contributed by atoms with Crippen molar-refractivity contribution in [2.24, 2.45) is 0 Å². The lowest BCUT2D eigenvalue weighted by Crippen LogP contribution is -2.40. The molecule has 0 fully saturated rings. The van der Waals surface area contributed by atoms with Crippen molar-refractivity contribution in [3.63, 3.8) is 0 Å². The second-order valence-corrected chi connectivity index (χ2v) is 7.78. The Morgan fingerprint density at radius 1 is 0.906 bits per heavy atom. The summed E-state index contributed by atoms with van der Waals surface area (Å²) in [6, 6.07) is 28.4. The monoisotopic (exact) mass is 425 g/mol. The molecule has 162 valence electrons. The molecular weight excluding hydrogens is 398 g/mol. The van der Waals surface area contributed by atoms with Gasteiger partial charge in [0.25, 0.3) is 0 Å². The van der Waals surface area contributed by atoms with E-state index >= 15 is 0 Å². The Morgan fingerprint density at radius 3 is 2.03 bits per heavy atom. The van der Waals surface area contributed by atoms with Gasteiger partial charge in [-0.05, 0) is 35.7 Å². The van der Waals surface area contributed by atoms with Gasteiger partial charge < -0.3 is 10.2 Å². The molecular formula is C26H27N5O. The summed E-state index contributed by atoms with van der Waals surface area (Å²) >= 11 is 0. The molecule has 1 unspecified atom stereocenters. The van der Waals surface area contributed by atoms with E-state index in [2.05, 4.69) is 39.7 Å². The molecule has 1 N–H and O–H groups in total. The van der Waals surface area contributed by atoms with Crippen LogP contribution in [-0.2, 0) is 0 Å². The minimum absolute atomic E-state index is 0.0771. The molecule has 0 saturated heterocycles. The molecule has 2 amide bonds. The van der Waals surface area contributed by atoms with E-state index in [1.165, 1.54) is 17.5 Å². The van der Waals surface area contributed by atoms with Crippen LogP contribution in [0.15, 0.2) is 97.6 Å². The standard InChI is InChI=1S/C26H27N5O/c1-20(21-13-15-24(16-14-21)31-19-27-18-29-31)30(2)26(32)28-17-25(22-9-5-3-6-10-22)23-11-7-4-8-12-23/h3-16,18-20,25H,17H2,1-2H3,(H,28,32). The summed E-state index contributed by atoms with van der Waals surface area (Å²) in [7, 11) is 1.82. The quantitative estimate of drug-likeness (QED) is 0.463. The maximum atomic E-state index is 13.0. The molecule has 0 aliphatic carbocycles. The number of nitrogens with zero attached hydrogens (tertiary/aromatic N) is 4. The molecule has 6 nitrogen and oxygen atoms in total. The fourth-order valence-corrected chi connectivity index (χ4v) is 3.76. The van der Waals surface area contributed by atoms with Gasteiger partial charge in [-0.25, -0.2) is 14.5 Å². The average Bonchev–Trinajstić information content (AvgIpc) is 3.40. The first-order valence-corrected chi connectivity index (χ1v) is 10.7. The Bertz CT molecular complexity index is 1070. The number of hydrogen-bond acceptors (Lipinski definition) is 3. The van der Waals surface area contributed by atoms with E-state index < -0.39 is 0 Å². The van der Waals surface area contributed by atoms with Crippen molar-refractivity contribution < 1.29 is 4.79 Å². The Balaban J connectivity index is 1.43. The summed E-state index contributed by atoms with van der Waals surface area (Å²) in [4.78, 5) is 18.7. The Hall–Kier alpha value is -3.93. The van der Waals surface area contributed by atoms with Gasteiger partial charge in [0, 0.05) is 19.5 Å². The molecule has 6 heteroatoms. The van der Waals surface area contributed by atoms with Crippen LogP contribution >= 0.6 is 0 Å². The predicted octanol–water partition coefficient (Wildman–Crippen LogP) is 4.80. The van der Waals surface area contributed by atoms with Crippen molar-refractivity contribution in [3.05, 3.63) is 114 Å². The highest BCUT2D eigenvalue weighted by Gasteiger charge is 2.20. The molecule has 1 atom stereocenters. The fourth-order valence-electron chi connectivity index (χ4n) is 3.76. The van der Waals surface area contributed by atoms with Crippen LogP contribution in [-0.4, -0.2) is 39.3 Å². The van der Waals surface area contributed by atoms with Crippen molar-refractivity contribution in [1.29, 1.82) is 0 Å². The normalized spacial score (nSPS) is 11.8. The molecule has 1 heterocycles. The zero-order valence-corrected chi connectivity index (χ0v) is 18.3. The SMILES string of the molecule is CC(c1ccc(-n2cncn2)cc1)N(C)C(=O)NCC(c1ccccc1)c1ccccc1. The smallest absolute Gasteiger partial charge is 0.317 e. The molecule has 0 radical (unpaired) electrons. The average molecular weight is 426 g/mol. The van der Waals surface area contributed by atoms with Gasteiger partial charge in [0.15, 0.2) is 0 Å². The van der Waals surface area contributed by atoms with E-state index in [-0.39, 0.29) is 18.0 Å². The highest BCUT2D eigenvalue weighted by molar-refractivity contribution is 5.74. The van der Waals surface area contributed by atoms with Crippen LogP contribution < -0.4 is 5.32 Å². The summed E-state index contributed by atoms with van der Waals surface area (Å²) in [5.41, 5.74) is 4.34. The van der Waals surface area contributed by atoms with E-state index in [1.807, 2.05) is 74.6 Å². The van der Waals surface area contributed by atoms with Crippen LogP contribution in [0.25, 0.3) is 5.69 Å². The van der Waals surface area contributed by atoms with E-state index in [9.17, 15) is 4.79 Å². The van der Waals surface area contributed by atoms with Crippen molar-refractivity contribution in [1.82, 2.24) is 25.0 Å². The van der Waals surface area contributed by atoms with Crippen molar-refractivity contribution in [2.45, 2.75) is 18.9 Å². The molecule has 0 aliphatic rings. The summed E-state index contributed by atoms with van der Waals surface area (Å²) in [6.07, 6.45) is 3.17. The first kappa shape index (κ1) is 21.3. The van der Waals surface area contributed by atoms with Crippen LogP contribution in [0.4, 0.5) is 4.79 Å². The van der Waals surface area contributed by atoms with Crippen LogP contribution in [0.1, 0.15) is 35.6 Å². The molecule has 4 aromatic rings. The summed E-state index contributed by atoms with van der Waals surface area (Å²) in [5, 5.41) is 7.27. The minimum Gasteiger partial charge on any atom is -0.337 e. The molecule has 4 rings (SSSR count). The zero-order chi connectivity index (χ0) is 22.3. The molecule has 3 aromatic carbocycles. The van der Waals surface area contributed by atoms with E-state index in [1.54, 1.807) is 15.9 Å². The van der Waals surface area contributed by atoms with Gasteiger partial charge in [-0.3, -0.25) is 0 Å². The lowest BCUT2D eigenvalue weighted by Gasteiger charge is -2.27. The maximum Gasteiger partial charge on any atom is 0.317 e. The van der Waals surface area contributed by atoms with Crippen molar-refractivity contribution >= 4 is 6.03 Å². The van der Waals surface area contributed by atoms with Crippen LogP contribution in [0.2, 0.25) is 0 Å². The van der Waals surface area contributed by atoms with Gasteiger partial charge in [0.2, 0.25) is 0 Å². The van der Waals surface area contributed by atoms with Gasteiger partial charge in [-0.1, -0.05) is 72.8 Å². The first-order valence-electron chi connectivity index (χ1n) is 10.7. The highest BCUT2D eigenvalue weighted by Crippen LogP contribution is 2.24. The first-order chi connectivity index (χ1) is 15.6. The number of aromatic nitrogens is 3. The number of carbonyl (C=O) groups excluding carboxylic acids is 1. The Kier molecular flexibility index (Phi) is 6.60. The molecule has 0 spiro atoms. The van der Waals surface area contributed by atoms with Gasteiger partial charge in [0.1, 0.15) is 12.7 Å². The molecule has 0 aliphatic heterocycles. The molecule has 1 aromatic heterocycles. The number of nitrogens with one attached hydrogen (secondary N) is 1. The molecule has 32 heavy (non-hydrogen) atoms. The molecule has 0 bridgehead atoms. The van der Waals surface area contributed by atoms with Gasteiger partial charge in [-0.2, -0.15) is 5.10 Å². The lowest BCUT2D eigenvalue weighted by molar-refractivity contribution is 0.194. The Labute approximate surface area is 188 Å². The van der Waals surface area contributed by atoms with Crippen molar-refractivity contribution in [3.8, 4) is 5.69 Å². The Morgan fingerprint density at radius 2 is 1.50 bits per heavy atom. The third-order valence-electron chi connectivity index (χ3n) is 5.82. The van der Waals surface area contributed by atoms with Gasteiger partial charge >= 0.3 is 6.03 Å². The summed E-state index contributed by atoms with van der Waals surface area (Å²) in [6.45, 7) is 2.55. The molecule has 0 saturated carbocycles. The number of urea groups is 1. The predicted molar refractivity (Wildman–Crippen MR) is 126 cm³/mol. The fraction of sp³-hybridized carbons (Fsp3) is 0.192. The number of amides is 2. The summed E-state index contributed by atoms with van der Waals surface area (Å²) in [5.74, 6) is 0.0898. The van der Waals surface area contributed by atoms with E-state index in [0.717, 1.165) is 11.3 Å². The minimum atomic E-state index is -0.102.